The van der Waals surface area contributed by atoms with Crippen LogP contribution < -0.4 is 0 Å². The van der Waals surface area contributed by atoms with Gasteiger partial charge >= 0.3 is 0 Å². The lowest BCUT2D eigenvalue weighted by Crippen LogP contribution is -2.38. The Hall–Kier alpha value is -0.200. The average Bonchev–Trinajstić information content (AvgIpc) is 2.57. The SMILES string of the molecule is CC(C)(C)OC[C@H]1O[C@H]2OC(C)(C)OC2[C@H]1O. The predicted octanol–water partition coefficient (Wildman–Crippen LogP) is 1.04. The van der Waals surface area contributed by atoms with E-state index in [0.717, 1.165) is 0 Å². The number of rotatable bonds is 2. The van der Waals surface area contributed by atoms with Crippen molar-refractivity contribution in [3.63, 3.8) is 0 Å². The van der Waals surface area contributed by atoms with Crippen LogP contribution in [0.1, 0.15) is 34.6 Å². The van der Waals surface area contributed by atoms with E-state index < -0.39 is 24.3 Å². The van der Waals surface area contributed by atoms with Gasteiger partial charge in [0.2, 0.25) is 0 Å². The molecule has 1 unspecified atom stereocenters. The number of fused-ring (bicyclic) bond motifs is 1. The standard InChI is InChI=1S/C12H22O5/c1-11(2,3)14-6-7-8(13)9-10(15-7)17-12(4,5)16-9/h7-10,13H,6H2,1-5H3/t7-,8+,9?,10+/m1/s1. The van der Waals surface area contributed by atoms with Crippen LogP contribution in [0.15, 0.2) is 0 Å². The Morgan fingerprint density at radius 1 is 1.24 bits per heavy atom. The van der Waals surface area contributed by atoms with E-state index in [0.29, 0.717) is 6.61 Å². The van der Waals surface area contributed by atoms with Gasteiger partial charge in [-0.15, -0.1) is 0 Å². The highest BCUT2D eigenvalue weighted by molar-refractivity contribution is 4.93. The average molecular weight is 246 g/mol. The molecule has 0 spiro atoms. The Labute approximate surface area is 102 Å². The Morgan fingerprint density at radius 3 is 2.41 bits per heavy atom. The van der Waals surface area contributed by atoms with Crippen molar-refractivity contribution in [1.82, 2.24) is 0 Å². The van der Waals surface area contributed by atoms with Gasteiger partial charge in [0.1, 0.15) is 18.3 Å². The zero-order chi connectivity index (χ0) is 12.8. The molecule has 0 bridgehead atoms. The van der Waals surface area contributed by atoms with Crippen molar-refractivity contribution in [3.05, 3.63) is 0 Å². The monoisotopic (exact) mass is 246 g/mol. The molecule has 100 valence electrons. The van der Waals surface area contributed by atoms with Crippen molar-refractivity contribution in [2.75, 3.05) is 6.61 Å². The van der Waals surface area contributed by atoms with Gasteiger partial charge in [0, 0.05) is 0 Å². The van der Waals surface area contributed by atoms with Gasteiger partial charge in [-0.05, 0) is 34.6 Å². The van der Waals surface area contributed by atoms with Crippen molar-refractivity contribution in [2.24, 2.45) is 0 Å². The van der Waals surface area contributed by atoms with Gasteiger partial charge in [-0.2, -0.15) is 0 Å². The summed E-state index contributed by atoms with van der Waals surface area (Å²) in [4.78, 5) is 0. The van der Waals surface area contributed by atoms with Crippen LogP contribution in [0.4, 0.5) is 0 Å². The summed E-state index contributed by atoms with van der Waals surface area (Å²) in [6, 6.07) is 0. The zero-order valence-corrected chi connectivity index (χ0v) is 11.1. The third-order valence-corrected chi connectivity index (χ3v) is 2.80. The van der Waals surface area contributed by atoms with Crippen LogP contribution in [-0.2, 0) is 18.9 Å². The van der Waals surface area contributed by atoms with Gasteiger partial charge < -0.3 is 24.1 Å². The lowest BCUT2D eigenvalue weighted by Gasteiger charge is -2.26. The second-order valence-electron chi connectivity index (χ2n) is 6.06. The van der Waals surface area contributed by atoms with Gasteiger partial charge in [-0.1, -0.05) is 0 Å². The third kappa shape index (κ3) is 2.98. The van der Waals surface area contributed by atoms with E-state index in [1.807, 2.05) is 34.6 Å². The van der Waals surface area contributed by atoms with Crippen molar-refractivity contribution in [2.45, 2.75) is 70.6 Å². The van der Waals surface area contributed by atoms with E-state index in [1.165, 1.54) is 0 Å². The molecule has 17 heavy (non-hydrogen) atoms. The molecule has 5 heteroatoms. The maximum absolute atomic E-state index is 10.1. The van der Waals surface area contributed by atoms with Gasteiger partial charge in [-0.3, -0.25) is 0 Å². The lowest BCUT2D eigenvalue weighted by molar-refractivity contribution is -0.223. The Bertz CT molecular complexity index is 283. The highest BCUT2D eigenvalue weighted by Gasteiger charge is 2.54. The summed E-state index contributed by atoms with van der Waals surface area (Å²) in [5.41, 5.74) is -0.248. The van der Waals surface area contributed by atoms with E-state index in [9.17, 15) is 5.11 Å². The Kier molecular flexibility index (Phi) is 3.25. The maximum Gasteiger partial charge on any atom is 0.190 e. The Balaban J connectivity index is 1.90. The molecule has 0 aromatic heterocycles. The Morgan fingerprint density at radius 2 is 1.88 bits per heavy atom. The first-order chi connectivity index (χ1) is 7.68. The number of ether oxygens (including phenoxy) is 4. The molecule has 2 saturated heterocycles. The highest BCUT2D eigenvalue weighted by atomic mass is 16.8. The smallest absolute Gasteiger partial charge is 0.190 e. The van der Waals surface area contributed by atoms with Crippen LogP contribution in [0.3, 0.4) is 0 Å². The molecule has 0 aliphatic carbocycles. The quantitative estimate of drug-likeness (QED) is 0.789. The molecule has 1 N–H and O–H groups in total. The van der Waals surface area contributed by atoms with Crippen molar-refractivity contribution < 1.29 is 24.1 Å². The molecular formula is C12H22O5. The maximum atomic E-state index is 10.1. The van der Waals surface area contributed by atoms with Gasteiger partial charge in [0.15, 0.2) is 12.1 Å². The molecule has 2 rings (SSSR count). The van der Waals surface area contributed by atoms with E-state index in [2.05, 4.69) is 0 Å². The fraction of sp³-hybridized carbons (Fsp3) is 1.00. The molecule has 4 atom stereocenters. The molecule has 2 fully saturated rings. The highest BCUT2D eigenvalue weighted by Crippen LogP contribution is 2.37. The van der Waals surface area contributed by atoms with Crippen LogP contribution in [0.25, 0.3) is 0 Å². The van der Waals surface area contributed by atoms with Crippen molar-refractivity contribution in [3.8, 4) is 0 Å². The van der Waals surface area contributed by atoms with Crippen LogP contribution in [-0.4, -0.2) is 47.7 Å². The van der Waals surface area contributed by atoms with E-state index in [1.54, 1.807) is 0 Å². The molecule has 2 heterocycles. The molecule has 2 aliphatic rings. The first-order valence-electron chi connectivity index (χ1n) is 6.01. The predicted molar refractivity (Wildman–Crippen MR) is 60.4 cm³/mol. The summed E-state index contributed by atoms with van der Waals surface area (Å²) in [7, 11) is 0. The fourth-order valence-corrected chi connectivity index (χ4v) is 2.03. The van der Waals surface area contributed by atoms with Crippen molar-refractivity contribution >= 4 is 0 Å². The zero-order valence-electron chi connectivity index (χ0n) is 11.1. The number of hydrogen-bond donors (Lipinski definition) is 1. The number of hydrogen-bond acceptors (Lipinski definition) is 5. The van der Waals surface area contributed by atoms with Crippen LogP contribution in [0.5, 0.6) is 0 Å². The van der Waals surface area contributed by atoms with Gasteiger partial charge in [0.05, 0.1) is 12.2 Å². The second kappa shape index (κ2) is 4.17. The third-order valence-electron chi connectivity index (χ3n) is 2.80. The fourth-order valence-electron chi connectivity index (χ4n) is 2.03. The molecule has 2 aliphatic heterocycles. The molecule has 0 amide bonds. The topological polar surface area (TPSA) is 57.2 Å². The molecule has 0 aromatic rings. The minimum Gasteiger partial charge on any atom is -0.387 e. The van der Waals surface area contributed by atoms with Gasteiger partial charge in [-0.25, -0.2) is 0 Å². The molecule has 5 nitrogen and oxygen atoms in total. The molecular weight excluding hydrogens is 224 g/mol. The summed E-state index contributed by atoms with van der Waals surface area (Å²) in [5.74, 6) is -0.688. The van der Waals surface area contributed by atoms with Crippen LogP contribution >= 0.6 is 0 Å². The summed E-state index contributed by atoms with van der Waals surface area (Å²) in [5, 5.41) is 10.1. The number of aliphatic hydroxyl groups excluding tert-OH is 1. The largest absolute Gasteiger partial charge is 0.387 e. The normalized spacial score (nSPS) is 40.6. The minimum atomic E-state index is -0.705. The molecule has 0 radical (unpaired) electrons. The minimum absolute atomic E-state index is 0.248. The number of aliphatic hydroxyl groups is 1. The van der Waals surface area contributed by atoms with E-state index >= 15 is 0 Å². The summed E-state index contributed by atoms with van der Waals surface area (Å²) in [6.45, 7) is 9.84. The summed E-state index contributed by atoms with van der Waals surface area (Å²) < 4.78 is 22.4. The second-order valence-corrected chi connectivity index (χ2v) is 6.06. The molecule has 0 saturated carbocycles. The first kappa shape index (κ1) is 13.2. The lowest BCUT2D eigenvalue weighted by atomic mass is 10.1. The molecule has 0 aromatic carbocycles. The summed E-state index contributed by atoms with van der Waals surface area (Å²) >= 11 is 0. The summed E-state index contributed by atoms with van der Waals surface area (Å²) in [6.07, 6.45) is -2.00. The van der Waals surface area contributed by atoms with Crippen molar-refractivity contribution in [1.29, 1.82) is 0 Å². The van der Waals surface area contributed by atoms with Crippen LogP contribution in [0, 0.1) is 0 Å². The van der Waals surface area contributed by atoms with E-state index in [-0.39, 0.29) is 11.7 Å². The van der Waals surface area contributed by atoms with Gasteiger partial charge in [0.25, 0.3) is 0 Å². The van der Waals surface area contributed by atoms with E-state index in [4.69, 9.17) is 18.9 Å². The van der Waals surface area contributed by atoms with Crippen LogP contribution in [0.2, 0.25) is 0 Å². The first-order valence-corrected chi connectivity index (χ1v) is 6.01.